The van der Waals surface area contributed by atoms with Crippen LogP contribution in [0, 0.1) is 0 Å². The third-order valence-electron chi connectivity index (χ3n) is 1.81. The molecule has 5 nitrogen and oxygen atoms in total. The van der Waals surface area contributed by atoms with Crippen LogP contribution in [0.15, 0.2) is 0 Å². The molecule has 0 radical (unpaired) electrons. The minimum Gasteiger partial charge on any atom is -0.262 e. The Balaban J connectivity index is 2.22. The van der Waals surface area contributed by atoms with E-state index >= 15 is 0 Å². The molecule has 1 rings (SSSR count). The summed E-state index contributed by atoms with van der Waals surface area (Å²) in [5.74, 6) is 0. The summed E-state index contributed by atoms with van der Waals surface area (Å²) >= 11 is 0. The molecule has 1 aliphatic rings. The second-order valence-corrected chi connectivity index (χ2v) is 3.84. The van der Waals surface area contributed by atoms with Crippen molar-refractivity contribution < 1.29 is 22.2 Å². The molecule has 0 saturated heterocycles. The zero-order valence-electron chi connectivity index (χ0n) is 6.60. The van der Waals surface area contributed by atoms with Gasteiger partial charge in [-0.15, -0.1) is 0 Å². The predicted molar refractivity (Wildman–Crippen MR) is 40.6 cm³/mol. The van der Waals surface area contributed by atoms with E-state index in [9.17, 15) is 8.42 Å². The third-order valence-corrected chi connectivity index (χ3v) is 2.06. The van der Waals surface area contributed by atoms with Gasteiger partial charge in [-0.1, -0.05) is 23.6 Å². The van der Waals surface area contributed by atoms with Gasteiger partial charge in [-0.3, -0.25) is 4.55 Å². The molecule has 1 aliphatic carbocycles. The molecule has 0 heterocycles. The lowest BCUT2D eigenvalue weighted by atomic mass is 9.98. The fourth-order valence-electron chi connectivity index (χ4n) is 1.27. The third kappa shape index (κ3) is 4.01. The summed E-state index contributed by atoms with van der Waals surface area (Å²) in [5.41, 5.74) is 0. The summed E-state index contributed by atoms with van der Waals surface area (Å²) in [5, 5.41) is 0. The maximum atomic E-state index is 10.1. The summed E-state index contributed by atoms with van der Waals surface area (Å²) in [7, 11) is -4.45. The minimum atomic E-state index is -4.45. The molecule has 0 aromatic rings. The summed E-state index contributed by atoms with van der Waals surface area (Å²) < 4.78 is 32.1. The van der Waals surface area contributed by atoms with Crippen molar-refractivity contribution in [2.75, 3.05) is 0 Å². The predicted octanol–water partition coefficient (Wildman–Crippen LogP) is 1.07. The molecule has 0 amide bonds. The molecule has 72 valence electrons. The Labute approximate surface area is 71.6 Å². The number of rotatable bonds is 3. The molecule has 0 bridgehead atoms. The van der Waals surface area contributed by atoms with Crippen molar-refractivity contribution in [3.63, 3.8) is 0 Å². The van der Waals surface area contributed by atoms with E-state index in [1.54, 1.807) is 0 Å². The summed E-state index contributed by atoms with van der Waals surface area (Å²) in [6, 6.07) is 0. The fourth-order valence-corrected chi connectivity index (χ4v) is 1.48. The van der Waals surface area contributed by atoms with Crippen LogP contribution in [0.25, 0.3) is 0 Å². The van der Waals surface area contributed by atoms with Gasteiger partial charge < -0.3 is 0 Å². The highest BCUT2D eigenvalue weighted by molar-refractivity contribution is 7.80. The Bertz CT molecular complexity index is 216. The van der Waals surface area contributed by atoms with E-state index in [0.717, 1.165) is 32.1 Å². The molecule has 1 saturated carbocycles. The van der Waals surface area contributed by atoms with Gasteiger partial charge in [-0.25, -0.2) is 4.89 Å². The maximum Gasteiger partial charge on any atom is 0.424 e. The lowest BCUT2D eigenvalue weighted by molar-refractivity contribution is -0.251. The number of hydrogen-bond donors (Lipinski definition) is 1. The zero-order chi connectivity index (χ0) is 9.03. The maximum absolute atomic E-state index is 10.1. The monoisotopic (exact) mass is 196 g/mol. The Hall–Kier alpha value is -0.170. The van der Waals surface area contributed by atoms with E-state index in [1.807, 2.05) is 0 Å². The van der Waals surface area contributed by atoms with E-state index in [2.05, 4.69) is 9.22 Å². The standard InChI is InChI=1S/C6H12O5S/c7-12(8,9)11-10-6-4-2-1-3-5-6/h6H,1-5H2,(H,7,8,9). The van der Waals surface area contributed by atoms with E-state index < -0.39 is 10.4 Å². The van der Waals surface area contributed by atoms with Gasteiger partial charge in [-0.2, -0.15) is 8.42 Å². The van der Waals surface area contributed by atoms with Crippen molar-refractivity contribution in [1.29, 1.82) is 0 Å². The smallest absolute Gasteiger partial charge is 0.262 e. The van der Waals surface area contributed by atoms with Crippen LogP contribution in [0.1, 0.15) is 32.1 Å². The number of hydrogen-bond acceptors (Lipinski definition) is 4. The van der Waals surface area contributed by atoms with Crippen LogP contribution in [0.4, 0.5) is 0 Å². The van der Waals surface area contributed by atoms with Gasteiger partial charge in [0.25, 0.3) is 0 Å². The second-order valence-electron chi connectivity index (χ2n) is 2.85. The van der Waals surface area contributed by atoms with Crippen molar-refractivity contribution in [2.45, 2.75) is 38.2 Å². The normalized spacial score (nSPS) is 21.1. The topological polar surface area (TPSA) is 72.8 Å². The zero-order valence-corrected chi connectivity index (χ0v) is 7.42. The molecule has 0 aliphatic heterocycles. The largest absolute Gasteiger partial charge is 0.424 e. The summed E-state index contributed by atoms with van der Waals surface area (Å²) in [6.07, 6.45) is 4.55. The van der Waals surface area contributed by atoms with Crippen molar-refractivity contribution in [1.82, 2.24) is 0 Å². The first kappa shape index (κ1) is 9.91. The molecule has 0 aromatic carbocycles. The van der Waals surface area contributed by atoms with E-state index in [-0.39, 0.29) is 6.10 Å². The quantitative estimate of drug-likeness (QED) is 0.415. The Morgan fingerprint density at radius 3 is 2.25 bits per heavy atom. The van der Waals surface area contributed by atoms with E-state index in [0.29, 0.717) is 0 Å². The van der Waals surface area contributed by atoms with Crippen molar-refractivity contribution in [3.05, 3.63) is 0 Å². The highest BCUT2D eigenvalue weighted by atomic mass is 32.3. The van der Waals surface area contributed by atoms with Crippen LogP contribution >= 0.6 is 0 Å². The Morgan fingerprint density at radius 1 is 1.17 bits per heavy atom. The summed E-state index contributed by atoms with van der Waals surface area (Å²) in [6.45, 7) is 0. The minimum absolute atomic E-state index is 0.194. The van der Waals surface area contributed by atoms with Crippen LogP contribution in [0.5, 0.6) is 0 Å². The Kier molecular flexibility index (Phi) is 3.45. The van der Waals surface area contributed by atoms with Gasteiger partial charge in [0.15, 0.2) is 0 Å². The molecular weight excluding hydrogens is 184 g/mol. The molecule has 0 atom stereocenters. The first-order chi connectivity index (χ1) is 5.58. The molecule has 0 spiro atoms. The fraction of sp³-hybridized carbons (Fsp3) is 1.00. The van der Waals surface area contributed by atoms with Gasteiger partial charge in [0.2, 0.25) is 0 Å². The molecular formula is C6H12O5S. The molecule has 0 aromatic heterocycles. The van der Waals surface area contributed by atoms with Crippen molar-refractivity contribution >= 4 is 10.4 Å². The molecule has 6 heteroatoms. The van der Waals surface area contributed by atoms with Crippen molar-refractivity contribution in [2.24, 2.45) is 0 Å². The van der Waals surface area contributed by atoms with Crippen LogP contribution in [0.2, 0.25) is 0 Å². The van der Waals surface area contributed by atoms with Crippen LogP contribution in [-0.2, 0) is 19.6 Å². The van der Waals surface area contributed by atoms with Crippen LogP contribution in [0.3, 0.4) is 0 Å². The molecule has 1 N–H and O–H groups in total. The van der Waals surface area contributed by atoms with Gasteiger partial charge in [-0.05, 0) is 12.8 Å². The average Bonchev–Trinajstić information content (AvgIpc) is 2.02. The molecule has 12 heavy (non-hydrogen) atoms. The van der Waals surface area contributed by atoms with E-state index in [1.165, 1.54) is 0 Å². The first-order valence-electron chi connectivity index (χ1n) is 3.90. The highest BCUT2D eigenvalue weighted by Gasteiger charge is 2.17. The van der Waals surface area contributed by atoms with Gasteiger partial charge >= 0.3 is 10.4 Å². The lowest BCUT2D eigenvalue weighted by Gasteiger charge is -2.18. The SMILES string of the molecule is O=S(=O)(O)OOC1CCCCC1. The van der Waals surface area contributed by atoms with Gasteiger partial charge in [0.05, 0.1) is 6.10 Å². The van der Waals surface area contributed by atoms with E-state index in [4.69, 9.17) is 4.55 Å². The lowest BCUT2D eigenvalue weighted by Crippen LogP contribution is -2.18. The molecule has 0 unspecified atom stereocenters. The molecule has 1 fully saturated rings. The second kappa shape index (κ2) is 4.18. The average molecular weight is 196 g/mol. The van der Waals surface area contributed by atoms with Crippen LogP contribution in [-0.4, -0.2) is 19.1 Å². The summed E-state index contributed by atoms with van der Waals surface area (Å²) in [4.78, 5) is 4.51. The van der Waals surface area contributed by atoms with Gasteiger partial charge in [0.1, 0.15) is 0 Å². The van der Waals surface area contributed by atoms with Crippen LogP contribution < -0.4 is 0 Å². The first-order valence-corrected chi connectivity index (χ1v) is 5.27. The van der Waals surface area contributed by atoms with Gasteiger partial charge in [0, 0.05) is 0 Å². The highest BCUT2D eigenvalue weighted by Crippen LogP contribution is 2.20. The Morgan fingerprint density at radius 2 is 1.75 bits per heavy atom. The van der Waals surface area contributed by atoms with Crippen molar-refractivity contribution in [3.8, 4) is 0 Å².